The highest BCUT2D eigenvalue weighted by molar-refractivity contribution is 5.83. The summed E-state index contributed by atoms with van der Waals surface area (Å²) in [5.74, 6) is 0.0459. The van der Waals surface area contributed by atoms with Crippen LogP contribution in [0, 0.1) is 11.3 Å². The molecule has 8 nitrogen and oxygen atoms in total. The van der Waals surface area contributed by atoms with Gasteiger partial charge in [0, 0.05) is 30.6 Å². The Hall–Kier alpha value is -3.54. The van der Waals surface area contributed by atoms with Crippen molar-refractivity contribution in [1.82, 2.24) is 20.6 Å². The number of para-hydroxylation sites is 1. The van der Waals surface area contributed by atoms with E-state index < -0.39 is 0 Å². The molecule has 4 heterocycles. The van der Waals surface area contributed by atoms with E-state index in [2.05, 4.69) is 44.1 Å². The van der Waals surface area contributed by atoms with Crippen LogP contribution in [0.4, 0.5) is 5.69 Å². The zero-order chi connectivity index (χ0) is 22.6. The van der Waals surface area contributed by atoms with Crippen molar-refractivity contribution in [3.63, 3.8) is 0 Å². The molecule has 1 aromatic carbocycles. The lowest BCUT2D eigenvalue weighted by Crippen LogP contribution is -2.47. The third-order valence-electron chi connectivity index (χ3n) is 6.32. The quantitative estimate of drug-likeness (QED) is 0.500. The predicted molar refractivity (Wildman–Crippen MR) is 125 cm³/mol. The standard InChI is InChI=1S/C25H26N6O2/c26-12-19-7-5-17-3-1-2-16(24(17)30-19)4-6-18-8-9-20(13-27-18)28-14-21-10-11-22-25(31-21)33-23(32)15-29-22/h1-3,5,7,10-11,18,20,27-29H,4,6,8-9,13-15H2/t18-,20-/m0/s1. The Morgan fingerprint density at radius 1 is 1.15 bits per heavy atom. The number of carbonyl (C=O) groups is 1. The van der Waals surface area contributed by atoms with Gasteiger partial charge in [0.05, 0.1) is 16.9 Å². The molecule has 0 radical (unpaired) electrons. The predicted octanol–water partition coefficient (Wildman–Crippen LogP) is 2.68. The van der Waals surface area contributed by atoms with E-state index in [1.807, 2.05) is 24.3 Å². The number of piperidine rings is 1. The van der Waals surface area contributed by atoms with Gasteiger partial charge in [0.25, 0.3) is 0 Å². The molecule has 8 heteroatoms. The number of fused-ring (bicyclic) bond motifs is 2. The second kappa shape index (κ2) is 9.53. The van der Waals surface area contributed by atoms with E-state index in [0.29, 0.717) is 30.2 Å². The topological polar surface area (TPSA) is 112 Å². The van der Waals surface area contributed by atoms with Crippen LogP contribution < -0.4 is 20.7 Å². The van der Waals surface area contributed by atoms with Crippen LogP contribution in [0.15, 0.2) is 42.5 Å². The number of rotatable bonds is 6. The van der Waals surface area contributed by atoms with Gasteiger partial charge in [0.2, 0.25) is 5.88 Å². The van der Waals surface area contributed by atoms with Crippen molar-refractivity contribution in [1.29, 1.82) is 5.26 Å². The molecule has 168 valence electrons. The number of hydrogen-bond acceptors (Lipinski definition) is 8. The van der Waals surface area contributed by atoms with Crippen LogP contribution in [-0.2, 0) is 17.8 Å². The minimum absolute atomic E-state index is 0.180. The van der Waals surface area contributed by atoms with Crippen LogP contribution >= 0.6 is 0 Å². The lowest BCUT2D eigenvalue weighted by molar-refractivity contribution is -0.133. The van der Waals surface area contributed by atoms with Gasteiger partial charge in [-0.1, -0.05) is 18.2 Å². The van der Waals surface area contributed by atoms with E-state index in [4.69, 9.17) is 4.74 Å². The molecule has 2 aromatic heterocycles. The van der Waals surface area contributed by atoms with Crippen molar-refractivity contribution in [3.05, 3.63) is 59.4 Å². The highest BCUT2D eigenvalue weighted by atomic mass is 16.5. The number of pyridine rings is 2. The van der Waals surface area contributed by atoms with E-state index in [-0.39, 0.29) is 12.5 Å². The minimum atomic E-state index is -0.313. The average molecular weight is 443 g/mol. The van der Waals surface area contributed by atoms with Crippen molar-refractivity contribution in [2.75, 3.05) is 18.4 Å². The van der Waals surface area contributed by atoms with Crippen LogP contribution in [0.3, 0.4) is 0 Å². The maximum Gasteiger partial charge on any atom is 0.332 e. The summed E-state index contributed by atoms with van der Waals surface area (Å²) < 4.78 is 5.21. The molecule has 3 aromatic rings. The number of benzene rings is 1. The molecule has 0 aliphatic carbocycles. The number of aromatic nitrogens is 2. The molecule has 0 saturated carbocycles. The highest BCUT2D eigenvalue weighted by Crippen LogP contribution is 2.25. The van der Waals surface area contributed by atoms with Gasteiger partial charge in [-0.25, -0.2) is 14.8 Å². The molecular formula is C25H26N6O2. The number of nitrogens with zero attached hydrogens (tertiary/aromatic N) is 3. The number of nitriles is 1. The third kappa shape index (κ3) is 4.95. The molecule has 0 bridgehead atoms. The van der Waals surface area contributed by atoms with E-state index in [1.54, 1.807) is 6.07 Å². The molecule has 2 aliphatic rings. The average Bonchev–Trinajstić information content (AvgIpc) is 2.86. The summed E-state index contributed by atoms with van der Waals surface area (Å²) in [5, 5.41) is 20.5. The van der Waals surface area contributed by atoms with Gasteiger partial charge in [0.1, 0.15) is 18.3 Å². The van der Waals surface area contributed by atoms with E-state index in [1.165, 1.54) is 5.56 Å². The highest BCUT2D eigenvalue weighted by Gasteiger charge is 2.21. The number of aryl methyl sites for hydroxylation is 1. The SMILES string of the molecule is N#Cc1ccc2cccc(CC[C@H]3CC[C@H](NCc4ccc5c(n4)OC(=O)CN5)CN3)c2n1. The lowest BCUT2D eigenvalue weighted by Gasteiger charge is -2.30. The van der Waals surface area contributed by atoms with Gasteiger partial charge in [-0.2, -0.15) is 5.26 Å². The van der Waals surface area contributed by atoms with E-state index in [9.17, 15) is 10.1 Å². The van der Waals surface area contributed by atoms with Crippen molar-refractivity contribution in [2.45, 2.75) is 44.3 Å². The Labute approximate surface area is 192 Å². The molecule has 1 fully saturated rings. The van der Waals surface area contributed by atoms with Crippen LogP contribution in [-0.4, -0.2) is 41.1 Å². The molecule has 2 atom stereocenters. The van der Waals surface area contributed by atoms with Gasteiger partial charge in [-0.15, -0.1) is 0 Å². The Bertz CT molecular complexity index is 1210. The normalized spacial score (nSPS) is 19.9. The summed E-state index contributed by atoms with van der Waals surface area (Å²) in [5.41, 5.74) is 4.20. The molecule has 5 rings (SSSR count). The van der Waals surface area contributed by atoms with Crippen molar-refractivity contribution in [2.24, 2.45) is 0 Å². The van der Waals surface area contributed by atoms with Crippen molar-refractivity contribution in [3.8, 4) is 11.9 Å². The smallest absolute Gasteiger partial charge is 0.332 e. The van der Waals surface area contributed by atoms with Crippen molar-refractivity contribution >= 4 is 22.6 Å². The molecule has 0 amide bonds. The van der Waals surface area contributed by atoms with Gasteiger partial charge >= 0.3 is 5.97 Å². The first-order chi connectivity index (χ1) is 16.2. The number of ether oxygens (including phenoxy) is 1. The molecular weight excluding hydrogens is 416 g/mol. The number of esters is 1. The summed E-state index contributed by atoms with van der Waals surface area (Å²) in [6.45, 7) is 1.71. The Morgan fingerprint density at radius 2 is 2.09 bits per heavy atom. The Kier molecular flexibility index (Phi) is 6.15. The summed E-state index contributed by atoms with van der Waals surface area (Å²) in [6.07, 6.45) is 4.15. The Morgan fingerprint density at radius 3 is 2.94 bits per heavy atom. The molecule has 3 N–H and O–H groups in total. The van der Waals surface area contributed by atoms with Gasteiger partial charge in [-0.05, 0) is 55.5 Å². The molecule has 2 aliphatic heterocycles. The van der Waals surface area contributed by atoms with Gasteiger partial charge < -0.3 is 20.7 Å². The first-order valence-electron chi connectivity index (χ1n) is 11.4. The number of hydrogen-bond donors (Lipinski definition) is 3. The monoisotopic (exact) mass is 442 g/mol. The van der Waals surface area contributed by atoms with E-state index in [0.717, 1.165) is 54.5 Å². The zero-order valence-corrected chi connectivity index (χ0v) is 18.3. The fraction of sp³-hybridized carbons (Fsp3) is 0.360. The minimum Gasteiger partial charge on any atom is -0.404 e. The second-order valence-electron chi connectivity index (χ2n) is 8.58. The second-order valence-corrected chi connectivity index (χ2v) is 8.58. The number of nitrogens with one attached hydrogen (secondary N) is 3. The largest absolute Gasteiger partial charge is 0.404 e. The van der Waals surface area contributed by atoms with Crippen LogP contribution in [0.5, 0.6) is 5.88 Å². The summed E-state index contributed by atoms with van der Waals surface area (Å²) in [7, 11) is 0. The third-order valence-corrected chi connectivity index (χ3v) is 6.32. The Balaban J connectivity index is 1.11. The maximum atomic E-state index is 11.4. The first kappa shape index (κ1) is 21.3. The molecule has 0 unspecified atom stereocenters. The molecule has 1 saturated heterocycles. The van der Waals surface area contributed by atoms with Gasteiger partial charge in [-0.3, -0.25) is 0 Å². The fourth-order valence-electron chi connectivity index (χ4n) is 4.49. The fourth-order valence-corrected chi connectivity index (χ4v) is 4.49. The first-order valence-corrected chi connectivity index (χ1v) is 11.4. The summed E-state index contributed by atoms with van der Waals surface area (Å²) in [6, 6.07) is 16.8. The number of anilines is 1. The van der Waals surface area contributed by atoms with Crippen LogP contribution in [0.2, 0.25) is 0 Å². The van der Waals surface area contributed by atoms with Crippen molar-refractivity contribution < 1.29 is 9.53 Å². The van der Waals surface area contributed by atoms with Crippen LogP contribution in [0.1, 0.15) is 36.2 Å². The maximum absolute atomic E-state index is 11.4. The zero-order valence-electron chi connectivity index (χ0n) is 18.3. The van der Waals surface area contributed by atoms with Crippen LogP contribution in [0.25, 0.3) is 10.9 Å². The molecule has 33 heavy (non-hydrogen) atoms. The van der Waals surface area contributed by atoms with Gasteiger partial charge in [0.15, 0.2) is 0 Å². The summed E-state index contributed by atoms with van der Waals surface area (Å²) >= 11 is 0. The molecule has 0 spiro atoms. The van der Waals surface area contributed by atoms with E-state index >= 15 is 0 Å². The number of carbonyl (C=O) groups excluding carboxylic acids is 1. The summed E-state index contributed by atoms with van der Waals surface area (Å²) in [4.78, 5) is 20.4. The lowest BCUT2D eigenvalue weighted by atomic mass is 9.94.